The summed E-state index contributed by atoms with van der Waals surface area (Å²) < 4.78 is 5.30. The molecule has 1 saturated carbocycles. The van der Waals surface area contributed by atoms with Crippen molar-refractivity contribution < 1.29 is 9.53 Å². The van der Waals surface area contributed by atoms with Crippen LogP contribution >= 0.6 is 0 Å². The van der Waals surface area contributed by atoms with Crippen LogP contribution in [0.4, 0.5) is 0 Å². The molecule has 0 bridgehead atoms. The van der Waals surface area contributed by atoms with E-state index < -0.39 is 0 Å². The zero-order chi connectivity index (χ0) is 18.2. The molecule has 1 amide bonds. The molecule has 0 aromatic carbocycles. The molecular formula is C20H31N3O2. The number of aryl methyl sites for hydroxylation is 1. The van der Waals surface area contributed by atoms with Gasteiger partial charge in [0, 0.05) is 38.5 Å². The van der Waals surface area contributed by atoms with Crippen molar-refractivity contribution in [1.82, 2.24) is 14.9 Å². The van der Waals surface area contributed by atoms with Crippen molar-refractivity contribution in [3.05, 3.63) is 35.9 Å². The van der Waals surface area contributed by atoms with Crippen molar-refractivity contribution in [2.75, 3.05) is 20.2 Å². The van der Waals surface area contributed by atoms with Crippen LogP contribution in [0.15, 0.2) is 24.5 Å². The van der Waals surface area contributed by atoms with Crippen LogP contribution in [-0.4, -0.2) is 47.6 Å². The van der Waals surface area contributed by atoms with Gasteiger partial charge >= 0.3 is 0 Å². The van der Waals surface area contributed by atoms with Gasteiger partial charge in [-0.25, -0.2) is 9.97 Å². The van der Waals surface area contributed by atoms with Gasteiger partial charge in [-0.1, -0.05) is 12.2 Å². The van der Waals surface area contributed by atoms with Crippen LogP contribution in [0, 0.1) is 12.8 Å². The third-order valence-electron chi connectivity index (χ3n) is 5.33. The molecule has 2 fully saturated rings. The lowest BCUT2D eigenvalue weighted by molar-refractivity contribution is -0.117. The van der Waals surface area contributed by atoms with Gasteiger partial charge in [-0.15, -0.1) is 0 Å². The van der Waals surface area contributed by atoms with Crippen molar-refractivity contribution in [1.29, 1.82) is 0 Å². The molecule has 2 aliphatic rings. The summed E-state index contributed by atoms with van der Waals surface area (Å²) in [7, 11) is 1.79. The third-order valence-corrected chi connectivity index (χ3v) is 5.33. The molecule has 2 heterocycles. The summed E-state index contributed by atoms with van der Waals surface area (Å²) in [6.45, 7) is 9.70. The van der Waals surface area contributed by atoms with Gasteiger partial charge < -0.3 is 9.64 Å². The second kappa shape index (κ2) is 9.66. The Morgan fingerprint density at radius 3 is 2.64 bits per heavy atom. The van der Waals surface area contributed by atoms with Gasteiger partial charge in [-0.05, 0) is 57.4 Å². The minimum atomic E-state index is 0.409. The first-order valence-corrected chi connectivity index (χ1v) is 9.20. The van der Waals surface area contributed by atoms with Crippen LogP contribution in [0.1, 0.15) is 56.3 Å². The van der Waals surface area contributed by atoms with Crippen LogP contribution in [0.25, 0.3) is 0 Å². The highest BCUT2D eigenvalue weighted by atomic mass is 16.5. The fourth-order valence-electron chi connectivity index (χ4n) is 3.55. The van der Waals surface area contributed by atoms with E-state index in [2.05, 4.69) is 23.5 Å². The Bertz CT molecular complexity index is 559. The summed E-state index contributed by atoms with van der Waals surface area (Å²) in [5, 5.41) is 0. The molecular weight excluding hydrogens is 314 g/mol. The van der Waals surface area contributed by atoms with Crippen molar-refractivity contribution in [2.45, 2.75) is 58.0 Å². The minimum Gasteiger partial charge on any atom is -0.381 e. The highest BCUT2D eigenvalue weighted by Gasteiger charge is 2.23. The van der Waals surface area contributed by atoms with Crippen molar-refractivity contribution in [3.8, 4) is 0 Å². The molecule has 0 radical (unpaired) electrons. The summed E-state index contributed by atoms with van der Waals surface area (Å²) >= 11 is 0. The Balaban J connectivity index is 0.000000186. The van der Waals surface area contributed by atoms with E-state index in [4.69, 9.17) is 4.74 Å². The molecule has 1 aliphatic carbocycles. The predicted octanol–water partition coefficient (Wildman–Crippen LogP) is 3.50. The number of methoxy groups -OCH3 is 1. The van der Waals surface area contributed by atoms with E-state index in [0.29, 0.717) is 12.0 Å². The van der Waals surface area contributed by atoms with Gasteiger partial charge in [0.15, 0.2) is 0 Å². The van der Waals surface area contributed by atoms with Gasteiger partial charge in [0.25, 0.3) is 0 Å². The normalized spacial score (nSPS) is 24.4. The number of ether oxygens (including phenoxy) is 1. The molecule has 3 rings (SSSR count). The first-order valence-electron chi connectivity index (χ1n) is 9.20. The SMILES string of the molecule is C=C1CCCC(C(C)OC)C1.Cc1ncc(C2CCN(C=O)C2)cn1. The number of likely N-dealkylation sites (tertiary alicyclic amines) is 1. The summed E-state index contributed by atoms with van der Waals surface area (Å²) in [6, 6.07) is 0. The lowest BCUT2D eigenvalue weighted by Gasteiger charge is -2.27. The average Bonchev–Trinajstić information content (AvgIpc) is 3.11. The Hall–Kier alpha value is -1.75. The molecule has 3 atom stereocenters. The number of carbonyl (C=O) groups excluding carboxylic acids is 1. The van der Waals surface area contributed by atoms with Crippen LogP contribution in [-0.2, 0) is 9.53 Å². The van der Waals surface area contributed by atoms with Crippen LogP contribution in [0.2, 0.25) is 0 Å². The second-order valence-electron chi connectivity index (χ2n) is 7.20. The summed E-state index contributed by atoms with van der Waals surface area (Å²) in [5.74, 6) is 1.93. The number of allylic oxidation sites excluding steroid dienone is 1. The van der Waals surface area contributed by atoms with E-state index in [1.165, 1.54) is 31.3 Å². The maximum atomic E-state index is 10.5. The standard InChI is InChI=1S/C10H13N3O.C10H18O/c1-8-11-4-10(5-12-8)9-2-3-13(6-9)7-14;1-8-5-4-6-10(7-8)9(2)11-3/h4-5,7,9H,2-3,6H2,1H3;9-10H,1,4-7H2,2-3H3. The van der Waals surface area contributed by atoms with Gasteiger partial charge in [0.2, 0.25) is 6.41 Å². The molecule has 3 unspecified atom stereocenters. The molecule has 5 nitrogen and oxygen atoms in total. The molecule has 0 N–H and O–H groups in total. The number of carbonyl (C=O) groups is 1. The van der Waals surface area contributed by atoms with Gasteiger partial charge in [0.1, 0.15) is 5.82 Å². The van der Waals surface area contributed by atoms with Crippen molar-refractivity contribution >= 4 is 6.41 Å². The largest absolute Gasteiger partial charge is 0.381 e. The van der Waals surface area contributed by atoms with Crippen LogP contribution < -0.4 is 0 Å². The van der Waals surface area contributed by atoms with Gasteiger partial charge in [0.05, 0.1) is 6.10 Å². The Labute approximate surface area is 151 Å². The smallest absolute Gasteiger partial charge is 0.209 e. The highest BCUT2D eigenvalue weighted by molar-refractivity contribution is 5.48. The minimum absolute atomic E-state index is 0.409. The molecule has 5 heteroatoms. The number of amides is 1. The molecule has 0 spiro atoms. The number of aromatic nitrogens is 2. The highest BCUT2D eigenvalue weighted by Crippen LogP contribution is 2.30. The number of rotatable bonds is 4. The molecule has 25 heavy (non-hydrogen) atoms. The molecule has 138 valence electrons. The quantitative estimate of drug-likeness (QED) is 0.619. The molecule has 1 saturated heterocycles. The van der Waals surface area contributed by atoms with E-state index in [9.17, 15) is 4.79 Å². The third kappa shape index (κ3) is 5.92. The maximum absolute atomic E-state index is 10.5. The number of hydrogen-bond acceptors (Lipinski definition) is 4. The maximum Gasteiger partial charge on any atom is 0.209 e. The fraction of sp³-hybridized carbons (Fsp3) is 0.650. The van der Waals surface area contributed by atoms with E-state index in [0.717, 1.165) is 43.2 Å². The van der Waals surface area contributed by atoms with Gasteiger partial charge in [-0.2, -0.15) is 0 Å². The van der Waals surface area contributed by atoms with E-state index >= 15 is 0 Å². The Morgan fingerprint density at radius 2 is 2.08 bits per heavy atom. The Morgan fingerprint density at radius 1 is 1.36 bits per heavy atom. The van der Waals surface area contributed by atoms with Crippen molar-refractivity contribution in [2.24, 2.45) is 5.92 Å². The van der Waals surface area contributed by atoms with Crippen molar-refractivity contribution in [3.63, 3.8) is 0 Å². The van der Waals surface area contributed by atoms with Crippen LogP contribution in [0.3, 0.4) is 0 Å². The predicted molar refractivity (Wildman–Crippen MR) is 99.3 cm³/mol. The zero-order valence-electron chi connectivity index (χ0n) is 15.8. The summed E-state index contributed by atoms with van der Waals surface area (Å²) in [5.41, 5.74) is 2.55. The van der Waals surface area contributed by atoms with Gasteiger partial charge in [-0.3, -0.25) is 4.79 Å². The number of hydrogen-bond donors (Lipinski definition) is 0. The summed E-state index contributed by atoms with van der Waals surface area (Å²) in [4.78, 5) is 20.6. The summed E-state index contributed by atoms with van der Waals surface area (Å²) in [6.07, 6.45) is 11.1. The molecule has 1 aliphatic heterocycles. The lowest BCUT2D eigenvalue weighted by atomic mass is 9.83. The van der Waals surface area contributed by atoms with Crippen LogP contribution in [0.5, 0.6) is 0 Å². The average molecular weight is 345 g/mol. The second-order valence-corrected chi connectivity index (χ2v) is 7.20. The molecule has 1 aromatic heterocycles. The van der Waals surface area contributed by atoms with E-state index in [1.54, 1.807) is 12.0 Å². The fourth-order valence-corrected chi connectivity index (χ4v) is 3.55. The molecule has 1 aromatic rings. The zero-order valence-corrected chi connectivity index (χ0v) is 15.8. The lowest BCUT2D eigenvalue weighted by Crippen LogP contribution is -2.22. The number of nitrogens with zero attached hydrogens (tertiary/aromatic N) is 3. The monoisotopic (exact) mass is 345 g/mol. The first kappa shape index (κ1) is 19.6. The first-order chi connectivity index (χ1) is 12.0. The van der Waals surface area contributed by atoms with E-state index in [-0.39, 0.29) is 0 Å². The topological polar surface area (TPSA) is 55.3 Å². The van der Waals surface area contributed by atoms with E-state index in [1.807, 2.05) is 19.3 Å². The Kier molecular flexibility index (Phi) is 7.56.